The number of alkyl halides is 1. The number of benzene rings is 6. The Hall–Kier alpha value is -8.46. The first-order valence-electron chi connectivity index (χ1n) is 34.4. The molecule has 2 aliphatic heterocycles. The van der Waals surface area contributed by atoms with Crippen LogP contribution in [0.5, 0.6) is 11.5 Å². The van der Waals surface area contributed by atoms with Gasteiger partial charge in [-0.3, -0.25) is 14.3 Å². The van der Waals surface area contributed by atoms with Crippen molar-refractivity contribution in [3.8, 4) is 11.5 Å². The van der Waals surface area contributed by atoms with Crippen molar-refractivity contribution in [2.45, 2.75) is 69.2 Å². The number of hydrogen-bond acceptors (Lipinski definition) is 25. The molecule has 27 nitrogen and oxygen atoms in total. The van der Waals surface area contributed by atoms with Crippen molar-refractivity contribution in [2.75, 3.05) is 142 Å². The topological polar surface area (TPSA) is 353 Å². The summed E-state index contributed by atoms with van der Waals surface area (Å²) in [6.45, 7) is 21.9. The van der Waals surface area contributed by atoms with E-state index in [9.17, 15) is 41.8 Å². The standard InChI is InChI=1S/C27H35ClN7O4P.C24H29N4O5PS.C23H28Cl2N5O2P/c1-33-13-15-35(16-14-33)19-9-11-34(12-10-19)20-7-8-22(24(17-20)39-2)31-27-29-18-21(28)26(32-27)30-23-5-3-4-6-25(23)40(36,37)38;1-15(2)35(31,32)22-10-8-7-9-20(22)26-23-18(16(3)29)14-25-24(28-23)27-19-12-11-17(34(5,6)30)13-21(19)33-4;1-15-11-16(27-14-23(2,31)13-24)9-10-18(15)29-22-26-12-17(25)21(30-22)28-19-7-5-6-8-20(19)33(3,4)32/h3-8,17-19H,9-16H2,1-2H3,(H2,36,37,38)(H2,29,30,31,32);7-15H,1-6H3,(H2,25,26,27,28);5-12,27,31H,13-14H2,1-4H3,(H2,26,28,29,30). The number of piperidine rings is 1. The summed E-state index contributed by atoms with van der Waals surface area (Å²) in [4.78, 5) is 65.4. The van der Waals surface area contributed by atoms with Gasteiger partial charge in [-0.05, 0) is 172 Å². The van der Waals surface area contributed by atoms with Gasteiger partial charge in [0.15, 0.2) is 27.3 Å². The SMILES string of the molecule is COc1cc(N2CCC(N3CCN(C)CC3)CC2)ccc1Nc1ncc(Cl)c(Nc2ccccc2P(=O)(O)O)n1.COc1cc(P(C)(C)=O)ccc1Nc1ncc(C(C)=O)c(Nc2ccccc2S(=O)(=O)C(C)C)n1.Cc1cc(NCC(C)(O)CCl)ccc1Nc1ncc(Cl)c(Nc2ccccc2P(C)(C)=O)n1. The number of para-hydroxylation sites is 3. The monoisotopic (exact) mass is 1610 g/mol. The number of rotatable bonds is 26. The molecule has 11 rings (SSSR count). The third-order valence-electron chi connectivity index (χ3n) is 17.7. The molecule has 108 heavy (non-hydrogen) atoms. The van der Waals surface area contributed by atoms with E-state index in [2.05, 4.69) is 94.9 Å². The van der Waals surface area contributed by atoms with Gasteiger partial charge in [0.25, 0.3) is 0 Å². The van der Waals surface area contributed by atoms with Gasteiger partial charge in [-0.1, -0.05) is 59.6 Å². The number of likely N-dealkylation sites (N-methyl/N-ethyl adjacent to an activating group) is 1. The number of ether oxygens (including phenoxy) is 2. The fourth-order valence-corrected chi connectivity index (χ4v) is 15.9. The quantitative estimate of drug-likeness (QED) is 0.0137. The van der Waals surface area contributed by atoms with E-state index in [1.165, 1.54) is 44.8 Å². The summed E-state index contributed by atoms with van der Waals surface area (Å²) in [6.07, 6.45) is 6.59. The maximum atomic E-state index is 12.9. The lowest BCUT2D eigenvalue weighted by atomic mass is 10.0. The summed E-state index contributed by atoms with van der Waals surface area (Å²) in [5.41, 5.74) is 5.38. The Balaban J connectivity index is 0.000000188. The highest BCUT2D eigenvalue weighted by molar-refractivity contribution is 7.92. The molecule has 2 saturated heterocycles. The zero-order valence-electron chi connectivity index (χ0n) is 62.1. The number of methoxy groups -OCH3 is 2. The van der Waals surface area contributed by atoms with Crippen LogP contribution in [0.3, 0.4) is 0 Å². The average molecular weight is 1610 g/mol. The molecule has 3 aromatic heterocycles. The number of nitrogens with one attached hydrogen (secondary N) is 7. The molecule has 0 bridgehead atoms. The van der Waals surface area contributed by atoms with Crippen molar-refractivity contribution >= 4 is 169 Å². The molecule has 10 N–H and O–H groups in total. The Morgan fingerprint density at radius 2 is 1.11 bits per heavy atom. The van der Waals surface area contributed by atoms with Gasteiger partial charge in [0.1, 0.15) is 41.6 Å². The normalized spacial score (nSPS) is 14.4. The number of aromatic nitrogens is 6. The molecule has 6 aromatic carbocycles. The van der Waals surface area contributed by atoms with Gasteiger partial charge in [0.2, 0.25) is 17.8 Å². The molecular weight excluding hydrogens is 1520 g/mol. The van der Waals surface area contributed by atoms with E-state index in [0.29, 0.717) is 68.9 Å². The van der Waals surface area contributed by atoms with Gasteiger partial charge in [0.05, 0.1) is 87.5 Å². The van der Waals surface area contributed by atoms with Crippen LogP contribution >= 0.6 is 56.7 Å². The van der Waals surface area contributed by atoms with Gasteiger partial charge in [0, 0.05) is 91.8 Å². The van der Waals surface area contributed by atoms with Crippen LogP contribution in [-0.2, 0) is 23.5 Å². The minimum Gasteiger partial charge on any atom is -0.495 e. The van der Waals surface area contributed by atoms with E-state index in [-0.39, 0.29) is 61.7 Å². The van der Waals surface area contributed by atoms with Crippen LogP contribution < -0.4 is 67.5 Å². The van der Waals surface area contributed by atoms with Crippen molar-refractivity contribution in [3.05, 3.63) is 167 Å². The fourth-order valence-electron chi connectivity index (χ4n) is 11.6. The maximum Gasteiger partial charge on any atom is 0.358 e. The highest BCUT2D eigenvalue weighted by atomic mass is 35.5. The lowest BCUT2D eigenvalue weighted by Crippen LogP contribution is -2.52. The number of halogens is 3. The Labute approximate surface area is 645 Å². The second kappa shape index (κ2) is 36.4. The lowest BCUT2D eigenvalue weighted by Gasteiger charge is -2.42. The summed E-state index contributed by atoms with van der Waals surface area (Å²) in [5, 5.41) is 33.0. The van der Waals surface area contributed by atoms with E-state index in [0.717, 1.165) is 80.0 Å². The van der Waals surface area contributed by atoms with Crippen molar-refractivity contribution in [3.63, 3.8) is 0 Å². The second-order valence-corrected chi connectivity index (χ2v) is 38.8. The van der Waals surface area contributed by atoms with E-state index in [1.54, 1.807) is 109 Å². The molecular formula is C74H92Cl3N16O11P3S. The highest BCUT2D eigenvalue weighted by Gasteiger charge is 2.30. The van der Waals surface area contributed by atoms with Crippen LogP contribution in [0.15, 0.2) is 151 Å². The third kappa shape index (κ3) is 22.4. The minimum absolute atomic E-state index is 0.110. The minimum atomic E-state index is -4.50. The molecule has 1 unspecified atom stereocenters. The molecule has 2 aliphatic rings. The number of piperazine rings is 1. The largest absolute Gasteiger partial charge is 0.495 e. The molecule has 1 atom stereocenters. The zero-order chi connectivity index (χ0) is 78.5. The van der Waals surface area contributed by atoms with Crippen molar-refractivity contribution in [1.82, 2.24) is 39.7 Å². The number of aryl methyl sites for hydroxylation is 1. The summed E-state index contributed by atoms with van der Waals surface area (Å²) < 4.78 is 73.8. The number of ketones is 1. The van der Waals surface area contributed by atoms with Crippen LogP contribution in [0.4, 0.5) is 80.8 Å². The smallest absolute Gasteiger partial charge is 0.358 e. The predicted molar refractivity (Wildman–Crippen MR) is 439 cm³/mol. The average Bonchev–Trinajstić information content (AvgIpc) is 0.803. The van der Waals surface area contributed by atoms with Crippen LogP contribution in [0.1, 0.15) is 56.5 Å². The first kappa shape index (κ1) is 83.6. The Morgan fingerprint density at radius 1 is 0.620 bits per heavy atom. The number of aliphatic hydroxyl groups is 1. The molecule has 0 amide bonds. The number of carbonyl (C=O) groups excluding carboxylic acids is 1. The summed E-state index contributed by atoms with van der Waals surface area (Å²) >= 11 is 18.4. The van der Waals surface area contributed by atoms with E-state index in [4.69, 9.17) is 44.3 Å². The molecule has 0 radical (unpaired) electrons. The summed E-state index contributed by atoms with van der Waals surface area (Å²) in [7, 11) is -7.77. The van der Waals surface area contributed by atoms with Crippen molar-refractivity contribution < 1.29 is 51.3 Å². The first-order chi connectivity index (χ1) is 51.0. The summed E-state index contributed by atoms with van der Waals surface area (Å²) in [5.74, 6) is 2.50. The number of hydrogen-bond donors (Lipinski definition) is 10. The number of anilines is 14. The van der Waals surface area contributed by atoms with E-state index < -0.39 is 42.6 Å². The van der Waals surface area contributed by atoms with Gasteiger partial charge >= 0.3 is 7.60 Å². The van der Waals surface area contributed by atoms with Crippen molar-refractivity contribution in [1.29, 1.82) is 0 Å². The molecule has 0 saturated carbocycles. The molecule has 576 valence electrons. The molecule has 9 aromatic rings. The van der Waals surface area contributed by atoms with Crippen molar-refractivity contribution in [2.24, 2.45) is 0 Å². The Kier molecular flexibility index (Phi) is 28.1. The van der Waals surface area contributed by atoms with Crippen LogP contribution in [0.2, 0.25) is 10.0 Å². The number of sulfone groups is 1. The second-order valence-electron chi connectivity index (χ2n) is 27.3. The summed E-state index contributed by atoms with van der Waals surface area (Å²) in [6, 6.07) is 37.6. The lowest BCUT2D eigenvalue weighted by molar-refractivity contribution is 0.0980. The number of Topliss-reactive ketones (excluding diaryl/α,β-unsaturated/α-hetero) is 1. The molecule has 34 heteroatoms. The fraction of sp³-hybridized carbons (Fsp3) is 0.338. The predicted octanol–water partition coefficient (Wildman–Crippen LogP) is 13.8. The van der Waals surface area contributed by atoms with Gasteiger partial charge in [-0.2, -0.15) is 15.0 Å². The van der Waals surface area contributed by atoms with Gasteiger partial charge in [-0.15, -0.1) is 11.6 Å². The zero-order valence-corrected chi connectivity index (χ0v) is 67.9. The first-order valence-corrected chi connectivity index (χ1v) is 44.1. The van der Waals surface area contributed by atoms with E-state index in [1.807, 2.05) is 61.5 Å². The molecule has 5 heterocycles. The number of carbonyl (C=O) groups is 1. The van der Waals surface area contributed by atoms with Gasteiger partial charge in [-0.25, -0.2) is 23.4 Å². The Bertz CT molecular complexity index is 4940. The maximum absolute atomic E-state index is 12.9. The van der Waals surface area contributed by atoms with Crippen LogP contribution in [0, 0.1) is 6.92 Å². The highest BCUT2D eigenvalue weighted by Crippen LogP contribution is 2.42. The molecule has 2 fully saturated rings. The molecule has 0 spiro atoms. The van der Waals surface area contributed by atoms with Crippen LogP contribution in [-0.4, -0.2) is 185 Å². The number of nitrogens with zero attached hydrogens (tertiary/aromatic N) is 9. The van der Waals surface area contributed by atoms with E-state index >= 15 is 0 Å². The third-order valence-corrected chi connectivity index (χ3v) is 25.2. The Morgan fingerprint density at radius 3 is 1.64 bits per heavy atom. The van der Waals surface area contributed by atoms with Crippen LogP contribution in [0.25, 0.3) is 0 Å². The van der Waals surface area contributed by atoms with Gasteiger partial charge < -0.3 is 80.5 Å². The molecule has 0 aliphatic carbocycles.